The molecule has 0 aliphatic rings. The number of rotatable bonds is 9. The average molecular weight is 596 g/mol. The first-order valence-electron chi connectivity index (χ1n) is 14.0. The van der Waals surface area contributed by atoms with E-state index in [0.29, 0.717) is 45.4 Å². The molecular weight excluding hydrogens is 562 g/mol. The van der Waals surface area contributed by atoms with Gasteiger partial charge in [-0.25, -0.2) is 4.98 Å². The Hall–Kier alpha value is -4.62. The molecule has 220 valence electrons. The first-order chi connectivity index (χ1) is 20.7. The van der Waals surface area contributed by atoms with Crippen molar-refractivity contribution in [2.24, 2.45) is 5.10 Å². The van der Waals surface area contributed by atoms with Gasteiger partial charge >= 0.3 is 0 Å². The molecule has 5 aromatic rings. The summed E-state index contributed by atoms with van der Waals surface area (Å²) in [4.78, 5) is 18.8. The molecule has 0 aliphatic carbocycles. The molecule has 0 bridgehead atoms. The number of para-hydroxylation sites is 1. The van der Waals surface area contributed by atoms with E-state index in [4.69, 9.17) is 35.9 Å². The van der Waals surface area contributed by atoms with Crippen molar-refractivity contribution in [3.8, 4) is 28.6 Å². The number of hydrogen-bond acceptors (Lipinski definition) is 6. The van der Waals surface area contributed by atoms with E-state index in [1.54, 1.807) is 38.6 Å². The Morgan fingerprint density at radius 1 is 0.953 bits per heavy atom. The largest absolute Gasteiger partial charge is 0.496 e. The van der Waals surface area contributed by atoms with Gasteiger partial charge in [0.25, 0.3) is 5.56 Å². The molecule has 0 spiro atoms. The first-order valence-corrected chi connectivity index (χ1v) is 14.4. The molecule has 43 heavy (non-hydrogen) atoms. The Kier molecular flexibility index (Phi) is 8.83. The average Bonchev–Trinajstić information content (AvgIpc) is 3.00. The topological polar surface area (TPSA) is 74.9 Å². The van der Waals surface area contributed by atoms with Gasteiger partial charge in [-0.2, -0.15) is 9.78 Å². The minimum Gasteiger partial charge on any atom is -0.496 e. The zero-order valence-electron chi connectivity index (χ0n) is 25.1. The van der Waals surface area contributed by atoms with Crippen LogP contribution in [0.5, 0.6) is 17.2 Å². The van der Waals surface area contributed by atoms with Crippen LogP contribution in [0.3, 0.4) is 0 Å². The fourth-order valence-corrected chi connectivity index (χ4v) is 5.14. The van der Waals surface area contributed by atoms with Crippen LogP contribution in [0.15, 0.2) is 82.7 Å². The Bertz CT molecular complexity index is 1880. The summed E-state index contributed by atoms with van der Waals surface area (Å²) in [6.07, 6.45) is 1.56. The van der Waals surface area contributed by atoms with Crippen LogP contribution in [0.4, 0.5) is 0 Å². The van der Waals surface area contributed by atoms with Crippen molar-refractivity contribution in [3.63, 3.8) is 0 Å². The van der Waals surface area contributed by atoms with Gasteiger partial charge in [-0.1, -0.05) is 67.4 Å². The summed E-state index contributed by atoms with van der Waals surface area (Å²) < 4.78 is 18.8. The number of methoxy groups -OCH3 is 2. The van der Waals surface area contributed by atoms with Crippen molar-refractivity contribution in [3.05, 3.63) is 116 Å². The zero-order valence-corrected chi connectivity index (χ0v) is 25.9. The number of benzene rings is 4. The summed E-state index contributed by atoms with van der Waals surface area (Å²) in [5.41, 5.74) is 5.69. The van der Waals surface area contributed by atoms with Crippen molar-refractivity contribution >= 4 is 28.7 Å². The number of aromatic nitrogens is 2. The number of ether oxygens (including phenoxy) is 3. The van der Waals surface area contributed by atoms with E-state index < -0.39 is 0 Å². The van der Waals surface area contributed by atoms with E-state index in [1.807, 2.05) is 68.4 Å². The third-order valence-electron chi connectivity index (χ3n) is 7.28. The second kappa shape index (κ2) is 12.7. The Morgan fingerprint density at radius 3 is 2.37 bits per heavy atom. The summed E-state index contributed by atoms with van der Waals surface area (Å²) in [6, 6.07) is 22.8. The minimum absolute atomic E-state index is 0.186. The molecule has 0 aliphatic heterocycles. The van der Waals surface area contributed by atoms with Crippen molar-refractivity contribution < 1.29 is 14.2 Å². The Labute approximate surface area is 256 Å². The van der Waals surface area contributed by atoms with Crippen LogP contribution >= 0.6 is 11.6 Å². The molecule has 0 radical (unpaired) electrons. The highest BCUT2D eigenvalue weighted by Gasteiger charge is 2.19. The lowest BCUT2D eigenvalue weighted by Crippen LogP contribution is -2.21. The quantitative estimate of drug-likeness (QED) is 0.162. The third-order valence-corrected chi connectivity index (χ3v) is 7.50. The molecule has 0 N–H and O–H groups in total. The summed E-state index contributed by atoms with van der Waals surface area (Å²) in [5.74, 6) is 2.31. The zero-order chi connectivity index (χ0) is 30.7. The lowest BCUT2D eigenvalue weighted by atomic mass is 9.96. The van der Waals surface area contributed by atoms with Crippen LogP contribution in [0.2, 0.25) is 5.02 Å². The normalized spacial score (nSPS) is 11.4. The van der Waals surface area contributed by atoms with Gasteiger partial charge in [0, 0.05) is 22.2 Å². The lowest BCUT2D eigenvalue weighted by Gasteiger charge is -2.17. The number of nitrogens with zero attached hydrogens (tertiary/aromatic N) is 3. The van der Waals surface area contributed by atoms with Crippen molar-refractivity contribution in [2.45, 2.75) is 40.2 Å². The highest BCUT2D eigenvalue weighted by molar-refractivity contribution is 6.31. The number of halogens is 1. The van der Waals surface area contributed by atoms with E-state index in [9.17, 15) is 4.79 Å². The fourth-order valence-electron chi connectivity index (χ4n) is 4.92. The van der Waals surface area contributed by atoms with Crippen molar-refractivity contribution in [1.82, 2.24) is 9.66 Å². The van der Waals surface area contributed by atoms with Gasteiger partial charge in [0.05, 0.1) is 31.3 Å². The van der Waals surface area contributed by atoms with Gasteiger partial charge in [0.1, 0.15) is 12.4 Å². The van der Waals surface area contributed by atoms with Gasteiger partial charge < -0.3 is 14.2 Å². The molecule has 4 aromatic carbocycles. The maximum absolute atomic E-state index is 13.9. The second-order valence-electron chi connectivity index (χ2n) is 10.7. The minimum atomic E-state index is -0.297. The smallest absolute Gasteiger partial charge is 0.282 e. The van der Waals surface area contributed by atoms with E-state index in [-0.39, 0.29) is 11.5 Å². The molecule has 1 aromatic heterocycles. The molecule has 0 fully saturated rings. The number of hydrogen-bond donors (Lipinski definition) is 0. The Morgan fingerprint density at radius 2 is 1.67 bits per heavy atom. The maximum Gasteiger partial charge on any atom is 0.282 e. The highest BCUT2D eigenvalue weighted by atomic mass is 35.5. The molecule has 1 heterocycles. The van der Waals surface area contributed by atoms with Crippen LogP contribution in [-0.2, 0) is 6.61 Å². The third kappa shape index (κ3) is 6.27. The summed E-state index contributed by atoms with van der Waals surface area (Å²) in [5, 5.41) is 5.59. The van der Waals surface area contributed by atoms with Crippen LogP contribution in [0, 0.1) is 13.8 Å². The molecule has 7 nitrogen and oxygen atoms in total. The van der Waals surface area contributed by atoms with Gasteiger partial charge in [-0.3, -0.25) is 4.79 Å². The highest BCUT2D eigenvalue weighted by Crippen LogP contribution is 2.36. The lowest BCUT2D eigenvalue weighted by molar-refractivity contribution is 0.284. The molecule has 5 rings (SSSR count). The van der Waals surface area contributed by atoms with Crippen molar-refractivity contribution in [1.29, 1.82) is 0 Å². The van der Waals surface area contributed by atoms with Gasteiger partial charge in [0.2, 0.25) is 0 Å². The fraction of sp³-hybridized carbons (Fsp3) is 0.229. The van der Waals surface area contributed by atoms with Crippen molar-refractivity contribution in [2.75, 3.05) is 14.2 Å². The SMILES string of the molecule is COc1cc(C)c(-c2nc3ccccc3c(=O)n2N=Cc2cc(Cl)cc(OC)c2OCc2ccc(C)cc2)cc1C(C)C. The van der Waals surface area contributed by atoms with Gasteiger partial charge in [-0.05, 0) is 66.8 Å². The van der Waals surface area contributed by atoms with E-state index >= 15 is 0 Å². The summed E-state index contributed by atoms with van der Waals surface area (Å²) in [6.45, 7) is 8.51. The number of aryl methyl sites for hydroxylation is 2. The standard InChI is InChI=1S/C35H34ClN3O4/c1-21(2)28-18-29(23(4)15-31(28)41-5)34-38-30-10-8-7-9-27(30)35(40)39(34)37-19-25-16-26(36)17-32(42-6)33(25)43-20-24-13-11-22(3)12-14-24/h7-19,21H,20H2,1-6H3. The van der Waals surface area contributed by atoms with Crippen LogP contribution < -0.4 is 19.8 Å². The van der Waals surface area contributed by atoms with Crippen LogP contribution in [0.1, 0.15) is 47.6 Å². The first kappa shape index (κ1) is 29.9. The maximum atomic E-state index is 13.9. The van der Waals surface area contributed by atoms with Crippen LogP contribution in [-0.4, -0.2) is 30.1 Å². The predicted octanol–water partition coefficient (Wildman–Crippen LogP) is 7.94. The molecule has 0 unspecified atom stereocenters. The molecular formula is C35H34ClN3O4. The molecule has 0 atom stereocenters. The molecule has 0 saturated carbocycles. The van der Waals surface area contributed by atoms with Crippen LogP contribution in [0.25, 0.3) is 22.3 Å². The monoisotopic (exact) mass is 595 g/mol. The second-order valence-corrected chi connectivity index (χ2v) is 11.1. The van der Waals surface area contributed by atoms with E-state index in [2.05, 4.69) is 13.8 Å². The summed E-state index contributed by atoms with van der Waals surface area (Å²) >= 11 is 6.46. The molecule has 0 amide bonds. The number of fused-ring (bicyclic) bond motifs is 1. The van der Waals surface area contributed by atoms with E-state index in [1.165, 1.54) is 10.2 Å². The van der Waals surface area contributed by atoms with E-state index in [0.717, 1.165) is 28.0 Å². The summed E-state index contributed by atoms with van der Waals surface area (Å²) in [7, 11) is 3.21. The molecule has 0 saturated heterocycles. The molecule has 8 heteroatoms. The van der Waals surface area contributed by atoms with Gasteiger partial charge in [-0.15, -0.1) is 0 Å². The predicted molar refractivity (Wildman–Crippen MR) is 173 cm³/mol. The van der Waals surface area contributed by atoms with Gasteiger partial charge in [0.15, 0.2) is 17.3 Å². The Balaban J connectivity index is 1.67.